The summed E-state index contributed by atoms with van der Waals surface area (Å²) in [4.78, 5) is 53.4. The molecule has 0 aliphatic rings. The molecule has 0 bridgehead atoms. The number of esters is 1. The second-order valence-corrected chi connectivity index (χ2v) is 10.9. The summed E-state index contributed by atoms with van der Waals surface area (Å²) in [7, 11) is 1.32. The Morgan fingerprint density at radius 1 is 1.06 bits per heavy atom. The smallest absolute Gasteiger partial charge is 0.347 e. The van der Waals surface area contributed by atoms with Gasteiger partial charge in [0.2, 0.25) is 0 Å². The Morgan fingerprint density at radius 2 is 1.83 bits per heavy atom. The molecular formula is C30H32F2N12O4. The van der Waals surface area contributed by atoms with E-state index in [1.807, 2.05) is 13.8 Å². The summed E-state index contributed by atoms with van der Waals surface area (Å²) in [5.74, 6) is -2.17. The molecule has 5 aromatic heterocycles. The number of aromatic amines is 1. The van der Waals surface area contributed by atoms with Crippen LogP contribution in [-0.4, -0.2) is 70.8 Å². The van der Waals surface area contributed by atoms with Gasteiger partial charge in [-0.3, -0.25) is 14.8 Å². The maximum absolute atomic E-state index is 16.4. The van der Waals surface area contributed by atoms with Crippen molar-refractivity contribution in [2.45, 2.75) is 45.6 Å². The van der Waals surface area contributed by atoms with Crippen LogP contribution in [0.25, 0.3) is 39.7 Å². The Labute approximate surface area is 271 Å². The number of hydrogen-bond acceptors (Lipinski definition) is 12. The molecule has 48 heavy (non-hydrogen) atoms. The molecule has 0 saturated carbocycles. The van der Waals surface area contributed by atoms with E-state index in [9.17, 15) is 18.8 Å². The van der Waals surface area contributed by atoms with Crippen LogP contribution >= 0.6 is 0 Å². The van der Waals surface area contributed by atoms with E-state index in [-0.39, 0.29) is 81.8 Å². The number of nitrogens with zero attached hydrogens (tertiary/aromatic N) is 7. The number of carbonyl (C=O) groups excluding carboxylic acids is 2. The third-order valence-corrected chi connectivity index (χ3v) is 7.07. The van der Waals surface area contributed by atoms with Crippen molar-refractivity contribution in [1.82, 2.24) is 39.1 Å². The minimum atomic E-state index is -0.926. The summed E-state index contributed by atoms with van der Waals surface area (Å²) in [5, 5.41) is 20.3. The van der Waals surface area contributed by atoms with Crippen LogP contribution in [0.15, 0.2) is 41.6 Å². The van der Waals surface area contributed by atoms with Gasteiger partial charge in [0.15, 0.2) is 40.6 Å². The summed E-state index contributed by atoms with van der Waals surface area (Å²) in [5.41, 5.74) is 4.81. The van der Waals surface area contributed by atoms with E-state index in [1.54, 1.807) is 0 Å². The fourth-order valence-electron chi connectivity index (χ4n) is 4.76. The van der Waals surface area contributed by atoms with Crippen LogP contribution in [0.3, 0.4) is 0 Å². The molecule has 6 N–H and O–H groups in total. The normalized spacial score (nSPS) is 11.2. The monoisotopic (exact) mass is 662 g/mol. The molecule has 0 unspecified atom stereocenters. The van der Waals surface area contributed by atoms with Gasteiger partial charge >= 0.3 is 17.7 Å². The molecule has 250 valence electrons. The van der Waals surface area contributed by atoms with Crippen molar-refractivity contribution in [1.29, 1.82) is 5.41 Å². The van der Waals surface area contributed by atoms with E-state index < -0.39 is 23.4 Å². The molecule has 0 aliphatic carbocycles. The molecule has 0 atom stereocenters. The molecule has 5 heterocycles. The molecule has 5 rings (SSSR count). The number of primary amides is 1. The Hall–Kier alpha value is -6.07. The van der Waals surface area contributed by atoms with Gasteiger partial charge in [0.05, 0.1) is 13.3 Å². The van der Waals surface area contributed by atoms with Gasteiger partial charge in [-0.25, -0.2) is 47.8 Å². The number of rotatable bonds is 12. The fourth-order valence-corrected chi connectivity index (χ4v) is 4.76. The SMILES string of the molecule is COC(=O)CCCCCNc1nc(-c2ccc(=N)n(C(N)=O)c2)nc(-c2cc(-c3ncc(F)c(NC(C)C)n3)cn3c(=O)[nH]nc23)c1F. The van der Waals surface area contributed by atoms with Crippen molar-refractivity contribution in [2.24, 2.45) is 5.73 Å². The van der Waals surface area contributed by atoms with Crippen LogP contribution in [0.2, 0.25) is 0 Å². The Balaban J connectivity index is 1.64. The standard InChI is InChI=1S/C30H32F2N12O4/c1-15(2)37-26-19(31)12-36-24(39-26)17-11-18(28-41-42-30(47)44(28)14-17)23-22(32)27(35-10-6-4-5-7-21(45)48-3)40-25(38-23)16-8-9-20(33)43(13-16)29(34)46/h8-9,11-15,33H,4-7,10H2,1-3H3,(H2,34,46)(H,42,47)(H,35,38,40)(H,36,37,39). The molecule has 0 fully saturated rings. The summed E-state index contributed by atoms with van der Waals surface area (Å²) in [6.45, 7) is 3.89. The highest BCUT2D eigenvalue weighted by molar-refractivity contribution is 5.82. The molecular weight excluding hydrogens is 630 g/mol. The molecule has 0 aliphatic heterocycles. The number of methoxy groups -OCH3 is 1. The zero-order valence-corrected chi connectivity index (χ0v) is 26.2. The quantitative estimate of drug-likeness (QED) is 0.0964. The van der Waals surface area contributed by atoms with Crippen LogP contribution < -0.4 is 27.5 Å². The number of H-pyrrole nitrogens is 1. The van der Waals surface area contributed by atoms with Crippen molar-refractivity contribution in [2.75, 3.05) is 24.3 Å². The summed E-state index contributed by atoms with van der Waals surface area (Å²) in [6, 6.07) is 3.16. The minimum Gasteiger partial charge on any atom is -0.469 e. The average Bonchev–Trinajstić information content (AvgIpc) is 3.44. The van der Waals surface area contributed by atoms with E-state index in [1.165, 1.54) is 37.7 Å². The predicted molar refractivity (Wildman–Crippen MR) is 170 cm³/mol. The van der Waals surface area contributed by atoms with Crippen LogP contribution in [0, 0.1) is 17.0 Å². The molecule has 18 heteroatoms. The Bertz CT molecular complexity index is 2130. The number of anilines is 2. The van der Waals surface area contributed by atoms with Crippen molar-refractivity contribution in [3.8, 4) is 34.0 Å². The lowest BCUT2D eigenvalue weighted by Crippen LogP contribution is -2.30. The molecule has 5 aromatic rings. The second kappa shape index (κ2) is 14.1. The Kier molecular flexibility index (Phi) is 9.81. The molecule has 0 saturated heterocycles. The first-order chi connectivity index (χ1) is 23.0. The third-order valence-electron chi connectivity index (χ3n) is 7.07. The zero-order valence-electron chi connectivity index (χ0n) is 26.2. The number of aromatic nitrogens is 8. The first-order valence-electron chi connectivity index (χ1n) is 14.8. The van der Waals surface area contributed by atoms with E-state index in [0.29, 0.717) is 19.3 Å². The van der Waals surface area contributed by atoms with Crippen molar-refractivity contribution in [3.63, 3.8) is 0 Å². The third kappa shape index (κ3) is 7.16. The number of unbranched alkanes of at least 4 members (excludes halogenated alkanes) is 2. The number of pyridine rings is 2. The maximum Gasteiger partial charge on any atom is 0.347 e. The predicted octanol–water partition coefficient (Wildman–Crippen LogP) is 3.06. The van der Waals surface area contributed by atoms with Gasteiger partial charge in [0.25, 0.3) is 0 Å². The highest BCUT2D eigenvalue weighted by Crippen LogP contribution is 2.33. The molecule has 1 amide bonds. The average molecular weight is 663 g/mol. The van der Waals surface area contributed by atoms with Crippen LogP contribution in [-0.2, 0) is 9.53 Å². The maximum atomic E-state index is 16.4. The molecule has 16 nitrogen and oxygen atoms in total. The number of hydrogen-bond donors (Lipinski definition) is 5. The summed E-state index contributed by atoms with van der Waals surface area (Å²) < 4.78 is 37.6. The highest BCUT2D eigenvalue weighted by atomic mass is 19.1. The number of nitrogens with two attached hydrogens (primary N) is 1. The van der Waals surface area contributed by atoms with Crippen molar-refractivity contribution in [3.05, 3.63) is 64.4 Å². The minimum absolute atomic E-state index is 0.0115. The van der Waals surface area contributed by atoms with Crippen molar-refractivity contribution >= 4 is 29.3 Å². The summed E-state index contributed by atoms with van der Waals surface area (Å²) >= 11 is 0. The van der Waals surface area contributed by atoms with E-state index >= 15 is 4.39 Å². The molecule has 0 aromatic carbocycles. The van der Waals surface area contributed by atoms with Crippen molar-refractivity contribution < 1.29 is 23.1 Å². The lowest BCUT2D eigenvalue weighted by atomic mass is 10.1. The largest absolute Gasteiger partial charge is 0.469 e. The van der Waals surface area contributed by atoms with Crippen LogP contribution in [0.1, 0.15) is 39.5 Å². The van der Waals surface area contributed by atoms with Crippen LogP contribution in [0.5, 0.6) is 0 Å². The number of amides is 1. The van der Waals surface area contributed by atoms with Gasteiger partial charge in [-0.05, 0) is 44.9 Å². The molecule has 0 spiro atoms. The van der Waals surface area contributed by atoms with Gasteiger partial charge in [-0.2, -0.15) is 5.10 Å². The topological polar surface area (TPSA) is 224 Å². The first kappa shape index (κ1) is 33.3. The lowest BCUT2D eigenvalue weighted by molar-refractivity contribution is -0.140. The number of halogens is 2. The lowest BCUT2D eigenvalue weighted by Gasteiger charge is -2.14. The van der Waals surface area contributed by atoms with Gasteiger partial charge in [-0.15, -0.1) is 0 Å². The van der Waals surface area contributed by atoms with Gasteiger partial charge in [0, 0.05) is 48.1 Å². The number of carbonyl (C=O) groups is 2. The van der Waals surface area contributed by atoms with Gasteiger partial charge in [0.1, 0.15) is 11.2 Å². The molecule has 0 radical (unpaired) electrons. The zero-order chi connectivity index (χ0) is 34.5. The Morgan fingerprint density at radius 3 is 2.56 bits per heavy atom. The first-order valence-corrected chi connectivity index (χ1v) is 14.8. The van der Waals surface area contributed by atoms with Gasteiger partial charge in [-0.1, -0.05) is 6.42 Å². The number of fused-ring (bicyclic) bond motifs is 1. The van der Waals surface area contributed by atoms with Gasteiger partial charge < -0.3 is 21.1 Å². The van der Waals surface area contributed by atoms with Crippen LogP contribution in [0.4, 0.5) is 25.2 Å². The second-order valence-electron chi connectivity index (χ2n) is 10.9. The van der Waals surface area contributed by atoms with E-state index in [0.717, 1.165) is 15.2 Å². The highest BCUT2D eigenvalue weighted by Gasteiger charge is 2.23. The van der Waals surface area contributed by atoms with E-state index in [4.69, 9.17) is 11.1 Å². The van der Waals surface area contributed by atoms with E-state index in [2.05, 4.69) is 45.5 Å². The number of nitrogens with one attached hydrogen (secondary N) is 4. The fraction of sp³-hybridized carbons (Fsp3) is 0.300. The number of ether oxygens (including phenoxy) is 1. The summed E-state index contributed by atoms with van der Waals surface area (Å²) in [6.07, 6.45) is 5.64.